The molecule has 0 bridgehead atoms. The molecule has 6 nitrogen and oxygen atoms in total. The Morgan fingerprint density at radius 3 is 2.52 bits per heavy atom. The molecule has 29 heavy (non-hydrogen) atoms. The Balaban J connectivity index is 1.82. The number of thiophene rings is 1. The number of rotatable bonds is 5. The first-order valence-corrected chi connectivity index (χ1v) is 9.78. The van der Waals surface area contributed by atoms with Gasteiger partial charge in [-0.05, 0) is 36.6 Å². The van der Waals surface area contributed by atoms with E-state index in [1.54, 1.807) is 36.4 Å². The van der Waals surface area contributed by atoms with E-state index in [-0.39, 0.29) is 11.8 Å². The van der Waals surface area contributed by atoms with E-state index in [0.717, 1.165) is 11.1 Å². The Bertz CT molecular complexity index is 1180. The summed E-state index contributed by atoms with van der Waals surface area (Å²) in [6.07, 6.45) is 0. The fraction of sp³-hybridized carbons (Fsp3) is 0.0455. The van der Waals surface area contributed by atoms with Crippen molar-refractivity contribution >= 4 is 29.0 Å². The number of nitrogens with zero attached hydrogens (tertiary/aromatic N) is 1. The van der Waals surface area contributed by atoms with Gasteiger partial charge in [-0.25, -0.2) is 0 Å². The molecule has 0 spiro atoms. The van der Waals surface area contributed by atoms with Crippen LogP contribution in [0.3, 0.4) is 0 Å². The maximum atomic E-state index is 12.7. The number of primary amides is 1. The molecule has 0 aliphatic heterocycles. The van der Waals surface area contributed by atoms with E-state index in [4.69, 9.17) is 10.3 Å². The number of nitrogens with two attached hydrogens (primary N) is 1. The van der Waals surface area contributed by atoms with Gasteiger partial charge in [0.25, 0.3) is 5.91 Å². The van der Waals surface area contributed by atoms with Gasteiger partial charge >= 0.3 is 0 Å². The van der Waals surface area contributed by atoms with Crippen LogP contribution >= 0.6 is 11.3 Å². The van der Waals surface area contributed by atoms with Crippen LogP contribution in [-0.2, 0) is 0 Å². The van der Waals surface area contributed by atoms with E-state index in [0.29, 0.717) is 27.9 Å². The molecule has 144 valence electrons. The first-order valence-electron chi connectivity index (χ1n) is 8.84. The van der Waals surface area contributed by atoms with Crippen molar-refractivity contribution in [2.24, 2.45) is 5.73 Å². The highest BCUT2D eigenvalue weighted by Crippen LogP contribution is 2.40. The van der Waals surface area contributed by atoms with E-state index in [2.05, 4.69) is 10.5 Å². The molecule has 2 aromatic carbocycles. The van der Waals surface area contributed by atoms with Crippen molar-refractivity contribution < 1.29 is 14.1 Å². The highest BCUT2D eigenvalue weighted by atomic mass is 32.1. The number of amides is 2. The van der Waals surface area contributed by atoms with Crippen LogP contribution in [0.25, 0.3) is 22.4 Å². The third-order valence-electron chi connectivity index (χ3n) is 4.49. The van der Waals surface area contributed by atoms with E-state index in [1.165, 1.54) is 11.3 Å². The van der Waals surface area contributed by atoms with Crippen LogP contribution in [0, 0.1) is 6.92 Å². The number of aromatic nitrogens is 1. The zero-order valence-corrected chi connectivity index (χ0v) is 16.3. The average molecular weight is 403 g/mol. The fourth-order valence-electron chi connectivity index (χ4n) is 3.02. The number of anilines is 1. The number of aryl methyl sites for hydroxylation is 1. The first-order chi connectivity index (χ1) is 14.0. The zero-order chi connectivity index (χ0) is 20.4. The van der Waals surface area contributed by atoms with Crippen LogP contribution in [0.5, 0.6) is 0 Å². The second-order valence-corrected chi connectivity index (χ2v) is 7.26. The standard InChI is InChI=1S/C22H17N3O3S/c1-13-6-8-14(9-7-13)21(27)24-22-18(16-4-2-3-5-17(16)20(23)26)19(25-28-22)15-10-11-29-12-15/h2-12H,1H3,(H2,23,26)(H,24,27). The number of hydrogen-bond donors (Lipinski definition) is 2. The summed E-state index contributed by atoms with van der Waals surface area (Å²) in [7, 11) is 0. The number of hydrogen-bond acceptors (Lipinski definition) is 5. The van der Waals surface area contributed by atoms with Gasteiger partial charge in [-0.15, -0.1) is 0 Å². The minimum Gasteiger partial charge on any atom is -0.366 e. The molecule has 2 heterocycles. The lowest BCUT2D eigenvalue weighted by atomic mass is 9.97. The van der Waals surface area contributed by atoms with Gasteiger partial charge in [-0.3, -0.25) is 14.9 Å². The predicted octanol–water partition coefficient (Wildman–Crippen LogP) is 4.73. The Kier molecular flexibility index (Phi) is 4.97. The quantitative estimate of drug-likeness (QED) is 0.503. The van der Waals surface area contributed by atoms with Crippen molar-refractivity contribution in [3.63, 3.8) is 0 Å². The van der Waals surface area contributed by atoms with Gasteiger partial charge in [-0.1, -0.05) is 41.1 Å². The molecule has 2 amide bonds. The summed E-state index contributed by atoms with van der Waals surface area (Å²) in [6.45, 7) is 1.95. The molecule has 0 aliphatic rings. The van der Waals surface area contributed by atoms with Crippen molar-refractivity contribution in [1.82, 2.24) is 5.16 Å². The molecular weight excluding hydrogens is 386 g/mol. The summed E-state index contributed by atoms with van der Waals surface area (Å²) in [4.78, 5) is 24.7. The highest BCUT2D eigenvalue weighted by Gasteiger charge is 2.24. The summed E-state index contributed by atoms with van der Waals surface area (Å²) in [5, 5.41) is 10.8. The second kappa shape index (κ2) is 7.73. The number of carbonyl (C=O) groups is 2. The van der Waals surface area contributed by atoms with Crippen LogP contribution in [0.15, 0.2) is 69.9 Å². The number of carbonyl (C=O) groups excluding carboxylic acids is 2. The molecule has 4 rings (SSSR count). The van der Waals surface area contributed by atoms with Crippen LogP contribution in [0.1, 0.15) is 26.3 Å². The molecule has 4 aromatic rings. The summed E-state index contributed by atoms with van der Waals surface area (Å²) in [6, 6.07) is 16.0. The van der Waals surface area contributed by atoms with Gasteiger partial charge < -0.3 is 10.3 Å². The van der Waals surface area contributed by atoms with Gasteiger partial charge in [0.2, 0.25) is 11.8 Å². The molecule has 0 fully saturated rings. The topological polar surface area (TPSA) is 98.2 Å². The molecule has 0 unspecified atom stereocenters. The molecule has 7 heteroatoms. The van der Waals surface area contributed by atoms with Crippen molar-refractivity contribution in [2.75, 3.05) is 5.32 Å². The Hall–Kier alpha value is -3.71. The Morgan fingerprint density at radius 1 is 1.07 bits per heavy atom. The minimum absolute atomic E-state index is 0.158. The van der Waals surface area contributed by atoms with E-state index in [9.17, 15) is 9.59 Å². The maximum Gasteiger partial charge on any atom is 0.258 e. The van der Waals surface area contributed by atoms with Gasteiger partial charge in [0.1, 0.15) is 5.69 Å². The lowest BCUT2D eigenvalue weighted by molar-refractivity contribution is 0.0998. The van der Waals surface area contributed by atoms with Crippen LogP contribution in [0.2, 0.25) is 0 Å². The summed E-state index contributed by atoms with van der Waals surface area (Å²) < 4.78 is 5.50. The summed E-state index contributed by atoms with van der Waals surface area (Å²) in [5.41, 5.74) is 9.83. The van der Waals surface area contributed by atoms with Crippen molar-refractivity contribution in [3.8, 4) is 22.4 Å². The van der Waals surface area contributed by atoms with E-state index in [1.807, 2.05) is 35.9 Å². The van der Waals surface area contributed by atoms with E-state index < -0.39 is 5.91 Å². The molecule has 0 saturated heterocycles. The average Bonchev–Trinajstić information content (AvgIpc) is 3.38. The van der Waals surface area contributed by atoms with Gasteiger partial charge in [-0.2, -0.15) is 11.3 Å². The lowest BCUT2D eigenvalue weighted by Gasteiger charge is -2.09. The third kappa shape index (κ3) is 3.68. The SMILES string of the molecule is Cc1ccc(C(=O)Nc2onc(-c3ccsc3)c2-c2ccccc2C(N)=O)cc1. The highest BCUT2D eigenvalue weighted by molar-refractivity contribution is 7.08. The maximum absolute atomic E-state index is 12.7. The number of nitrogens with one attached hydrogen (secondary N) is 1. The molecule has 0 saturated carbocycles. The van der Waals surface area contributed by atoms with Crippen LogP contribution in [-0.4, -0.2) is 17.0 Å². The first kappa shape index (κ1) is 18.6. The van der Waals surface area contributed by atoms with Gasteiger partial charge in [0.15, 0.2) is 0 Å². The monoisotopic (exact) mass is 403 g/mol. The molecule has 2 aromatic heterocycles. The molecule has 0 radical (unpaired) electrons. The molecule has 3 N–H and O–H groups in total. The van der Waals surface area contributed by atoms with Gasteiger partial charge in [0.05, 0.1) is 5.56 Å². The summed E-state index contributed by atoms with van der Waals surface area (Å²) >= 11 is 1.51. The number of benzene rings is 2. The lowest BCUT2D eigenvalue weighted by Crippen LogP contribution is -2.14. The van der Waals surface area contributed by atoms with Crippen LogP contribution in [0.4, 0.5) is 5.88 Å². The molecular formula is C22H17N3O3S. The van der Waals surface area contributed by atoms with Crippen molar-refractivity contribution in [2.45, 2.75) is 6.92 Å². The fourth-order valence-corrected chi connectivity index (χ4v) is 3.66. The molecule has 0 atom stereocenters. The smallest absolute Gasteiger partial charge is 0.258 e. The van der Waals surface area contributed by atoms with Crippen LogP contribution < -0.4 is 11.1 Å². The van der Waals surface area contributed by atoms with Gasteiger partial charge in [0, 0.05) is 27.6 Å². The summed E-state index contributed by atoms with van der Waals surface area (Å²) in [5.74, 6) is -0.754. The zero-order valence-electron chi connectivity index (χ0n) is 15.5. The third-order valence-corrected chi connectivity index (χ3v) is 5.17. The predicted molar refractivity (Wildman–Crippen MR) is 113 cm³/mol. The van der Waals surface area contributed by atoms with Crippen molar-refractivity contribution in [1.29, 1.82) is 0 Å². The normalized spacial score (nSPS) is 10.7. The Morgan fingerprint density at radius 2 is 1.83 bits per heavy atom. The Labute approximate surface area is 171 Å². The van der Waals surface area contributed by atoms with E-state index >= 15 is 0 Å². The van der Waals surface area contributed by atoms with Crippen molar-refractivity contribution in [3.05, 3.63) is 82.0 Å². The second-order valence-electron chi connectivity index (χ2n) is 6.48. The minimum atomic E-state index is -0.575. The largest absolute Gasteiger partial charge is 0.366 e. The molecule has 0 aliphatic carbocycles.